The van der Waals surface area contributed by atoms with Crippen molar-refractivity contribution in [3.05, 3.63) is 17.0 Å². The summed E-state index contributed by atoms with van der Waals surface area (Å²) in [5, 5.41) is 9.02. The quantitative estimate of drug-likeness (QED) is 0.714. The number of primary amides is 1. The molecular weight excluding hydrogens is 286 g/mol. The number of aromatic nitrogens is 1. The number of nitrogens with zero attached hydrogens (tertiary/aromatic N) is 1. The van der Waals surface area contributed by atoms with Gasteiger partial charge >= 0.3 is 5.97 Å². The van der Waals surface area contributed by atoms with Crippen LogP contribution in [0.1, 0.15) is 39.4 Å². The highest BCUT2D eigenvalue weighted by molar-refractivity contribution is 7.89. The number of amides is 1. The van der Waals surface area contributed by atoms with E-state index < -0.39 is 21.9 Å². The van der Waals surface area contributed by atoms with Crippen LogP contribution in [0.25, 0.3) is 0 Å². The van der Waals surface area contributed by atoms with Crippen molar-refractivity contribution in [2.75, 3.05) is 13.1 Å². The van der Waals surface area contributed by atoms with Gasteiger partial charge in [-0.05, 0) is 19.8 Å². The van der Waals surface area contributed by atoms with Crippen LogP contribution >= 0.6 is 0 Å². The van der Waals surface area contributed by atoms with Gasteiger partial charge < -0.3 is 15.8 Å². The van der Waals surface area contributed by atoms with Crippen molar-refractivity contribution in [2.45, 2.75) is 24.7 Å². The van der Waals surface area contributed by atoms with Crippen molar-refractivity contribution in [1.29, 1.82) is 0 Å². The Kier molecular flexibility index (Phi) is 3.57. The monoisotopic (exact) mass is 301 g/mol. The van der Waals surface area contributed by atoms with Gasteiger partial charge in [-0.15, -0.1) is 0 Å². The molecule has 8 nitrogen and oxygen atoms in total. The number of hydrogen-bond acceptors (Lipinski definition) is 4. The molecule has 1 aromatic heterocycles. The molecule has 1 aliphatic rings. The number of carbonyl (C=O) groups excluding carboxylic acids is 1. The van der Waals surface area contributed by atoms with E-state index >= 15 is 0 Å². The molecule has 1 aliphatic heterocycles. The number of nitrogens with one attached hydrogen (secondary N) is 1. The second-order valence-electron chi connectivity index (χ2n) is 4.61. The number of hydrogen-bond donors (Lipinski definition) is 3. The fourth-order valence-electron chi connectivity index (χ4n) is 2.34. The van der Waals surface area contributed by atoms with Crippen molar-refractivity contribution < 1.29 is 23.1 Å². The lowest BCUT2D eigenvalue weighted by Gasteiger charge is -2.16. The van der Waals surface area contributed by atoms with Gasteiger partial charge in [-0.2, -0.15) is 4.31 Å². The van der Waals surface area contributed by atoms with Crippen LogP contribution in [0, 0.1) is 6.92 Å². The lowest BCUT2D eigenvalue weighted by molar-refractivity contribution is 0.0690. The van der Waals surface area contributed by atoms with Crippen LogP contribution in [0.4, 0.5) is 0 Å². The summed E-state index contributed by atoms with van der Waals surface area (Å²) in [6, 6.07) is 0. The largest absolute Gasteiger partial charge is 0.477 e. The molecule has 0 atom stereocenters. The van der Waals surface area contributed by atoms with E-state index in [0.29, 0.717) is 13.1 Å². The minimum Gasteiger partial charge on any atom is -0.477 e. The van der Waals surface area contributed by atoms with E-state index in [-0.39, 0.29) is 21.8 Å². The first-order valence-electron chi connectivity index (χ1n) is 6.02. The molecule has 0 radical (unpaired) electrons. The smallest absolute Gasteiger partial charge is 0.352 e. The Morgan fingerprint density at radius 1 is 1.25 bits per heavy atom. The number of H-pyrrole nitrogens is 1. The molecule has 2 rings (SSSR count). The van der Waals surface area contributed by atoms with E-state index in [1.54, 1.807) is 0 Å². The molecule has 20 heavy (non-hydrogen) atoms. The van der Waals surface area contributed by atoms with E-state index in [1.807, 2.05) is 0 Å². The van der Waals surface area contributed by atoms with Gasteiger partial charge in [0.05, 0.1) is 0 Å². The van der Waals surface area contributed by atoms with Crippen LogP contribution < -0.4 is 5.73 Å². The number of sulfonamides is 1. The average molecular weight is 301 g/mol. The highest BCUT2D eigenvalue weighted by Crippen LogP contribution is 2.28. The van der Waals surface area contributed by atoms with Gasteiger partial charge in [0, 0.05) is 18.7 Å². The number of aromatic carboxylic acids is 1. The Labute approximate surface area is 115 Å². The molecular formula is C11H15N3O5S. The predicted molar refractivity (Wildman–Crippen MR) is 69.0 cm³/mol. The Balaban J connectivity index is 2.66. The van der Waals surface area contributed by atoms with E-state index in [9.17, 15) is 18.0 Å². The maximum atomic E-state index is 12.5. The Morgan fingerprint density at radius 3 is 2.25 bits per heavy atom. The van der Waals surface area contributed by atoms with E-state index in [0.717, 1.165) is 12.8 Å². The summed E-state index contributed by atoms with van der Waals surface area (Å²) in [5.74, 6) is -2.34. The maximum absolute atomic E-state index is 12.5. The first-order chi connectivity index (χ1) is 9.26. The molecule has 1 amide bonds. The Morgan fingerprint density at radius 2 is 1.80 bits per heavy atom. The predicted octanol–water partition coefficient (Wildman–Crippen LogP) is -0.0953. The van der Waals surface area contributed by atoms with Gasteiger partial charge in [0.25, 0.3) is 5.91 Å². The molecule has 9 heteroatoms. The molecule has 0 unspecified atom stereocenters. The van der Waals surface area contributed by atoms with Gasteiger partial charge in [-0.25, -0.2) is 13.2 Å². The summed E-state index contributed by atoms with van der Waals surface area (Å²) in [7, 11) is -3.92. The third-order valence-electron chi connectivity index (χ3n) is 3.32. The molecule has 0 bridgehead atoms. The average Bonchev–Trinajstić information content (AvgIpc) is 2.95. The summed E-state index contributed by atoms with van der Waals surface area (Å²) in [4.78, 5) is 24.4. The second-order valence-corrected chi connectivity index (χ2v) is 6.48. The zero-order chi connectivity index (χ0) is 15.1. The molecule has 0 spiro atoms. The van der Waals surface area contributed by atoms with Crippen LogP contribution in [0.15, 0.2) is 4.90 Å². The lowest BCUT2D eigenvalue weighted by Crippen LogP contribution is -2.30. The van der Waals surface area contributed by atoms with Gasteiger partial charge in [-0.1, -0.05) is 0 Å². The molecule has 0 aromatic carbocycles. The molecule has 1 aromatic rings. The summed E-state index contributed by atoms with van der Waals surface area (Å²) >= 11 is 0. The number of carboxylic acids is 1. The lowest BCUT2D eigenvalue weighted by atomic mass is 10.2. The van der Waals surface area contributed by atoms with Crippen LogP contribution in [0.2, 0.25) is 0 Å². The number of carboxylic acid groups (broad SMARTS) is 1. The van der Waals surface area contributed by atoms with E-state index in [2.05, 4.69) is 4.98 Å². The molecule has 110 valence electrons. The normalized spacial score (nSPS) is 16.4. The second kappa shape index (κ2) is 4.91. The highest BCUT2D eigenvalue weighted by Gasteiger charge is 2.35. The first kappa shape index (κ1) is 14.5. The zero-order valence-electron chi connectivity index (χ0n) is 10.8. The number of rotatable bonds is 4. The Hall–Kier alpha value is -1.87. The van der Waals surface area contributed by atoms with Crippen LogP contribution in [-0.2, 0) is 10.0 Å². The highest BCUT2D eigenvalue weighted by atomic mass is 32.2. The van der Waals surface area contributed by atoms with Crippen molar-refractivity contribution in [2.24, 2.45) is 5.73 Å². The minimum absolute atomic E-state index is 0.00167. The first-order valence-corrected chi connectivity index (χ1v) is 7.46. The van der Waals surface area contributed by atoms with Crippen LogP contribution in [0.5, 0.6) is 0 Å². The minimum atomic E-state index is -3.92. The summed E-state index contributed by atoms with van der Waals surface area (Å²) in [6.45, 7) is 2.05. The van der Waals surface area contributed by atoms with Crippen molar-refractivity contribution in [1.82, 2.24) is 9.29 Å². The van der Waals surface area contributed by atoms with Gasteiger partial charge in [0.2, 0.25) is 10.0 Å². The molecule has 1 fully saturated rings. The van der Waals surface area contributed by atoms with E-state index in [1.165, 1.54) is 11.2 Å². The standard InChI is InChI=1S/C11H15N3O5S/c1-6-7(11(16)17)13-8(10(12)15)9(6)20(18,19)14-4-2-3-5-14/h13H,2-5H2,1H3,(H2,12,15)(H,16,17). The van der Waals surface area contributed by atoms with Gasteiger partial charge in [0.15, 0.2) is 0 Å². The Bertz CT molecular complexity index is 670. The zero-order valence-corrected chi connectivity index (χ0v) is 11.7. The molecule has 1 saturated heterocycles. The third kappa shape index (κ3) is 2.18. The van der Waals surface area contributed by atoms with Crippen LogP contribution in [0.3, 0.4) is 0 Å². The van der Waals surface area contributed by atoms with E-state index in [4.69, 9.17) is 10.8 Å². The topological polar surface area (TPSA) is 134 Å². The fourth-order valence-corrected chi connectivity index (χ4v) is 4.24. The van der Waals surface area contributed by atoms with Crippen molar-refractivity contribution in [3.63, 3.8) is 0 Å². The molecule has 2 heterocycles. The fraction of sp³-hybridized carbons (Fsp3) is 0.455. The van der Waals surface area contributed by atoms with Gasteiger partial charge in [-0.3, -0.25) is 4.79 Å². The molecule has 4 N–H and O–H groups in total. The summed E-state index contributed by atoms with van der Waals surface area (Å²) in [6.07, 6.45) is 1.47. The summed E-state index contributed by atoms with van der Waals surface area (Å²) < 4.78 is 26.3. The third-order valence-corrected chi connectivity index (χ3v) is 5.39. The molecule has 0 aliphatic carbocycles. The number of carbonyl (C=O) groups is 2. The van der Waals surface area contributed by atoms with Gasteiger partial charge in [0.1, 0.15) is 16.3 Å². The van der Waals surface area contributed by atoms with Crippen molar-refractivity contribution in [3.8, 4) is 0 Å². The van der Waals surface area contributed by atoms with Crippen molar-refractivity contribution >= 4 is 21.9 Å². The van der Waals surface area contributed by atoms with Crippen LogP contribution in [-0.4, -0.2) is 47.8 Å². The molecule has 0 saturated carbocycles. The SMILES string of the molecule is Cc1c(C(=O)O)[nH]c(C(N)=O)c1S(=O)(=O)N1CCCC1. The number of nitrogens with two attached hydrogens (primary N) is 1. The maximum Gasteiger partial charge on any atom is 0.352 e. The number of aromatic amines is 1. The summed E-state index contributed by atoms with van der Waals surface area (Å²) in [5.41, 5.74) is 4.43.